The zero-order valence-corrected chi connectivity index (χ0v) is 17.5. The molecule has 0 radical (unpaired) electrons. The van der Waals surface area contributed by atoms with Crippen molar-refractivity contribution in [1.29, 1.82) is 0 Å². The van der Waals surface area contributed by atoms with Crippen LogP contribution in [0.3, 0.4) is 0 Å². The fourth-order valence-corrected chi connectivity index (χ4v) is 3.01. The molecule has 2 aromatic rings. The fraction of sp³-hybridized carbons (Fsp3) is 0.238. The number of aliphatic hydroxyl groups is 1. The molecule has 0 saturated heterocycles. The monoisotopic (exact) mass is 429 g/mol. The lowest BCUT2D eigenvalue weighted by atomic mass is 10.2. The molecule has 0 spiro atoms. The molecule has 0 aliphatic heterocycles. The highest BCUT2D eigenvalue weighted by Gasteiger charge is 2.15. The van der Waals surface area contributed by atoms with Crippen molar-refractivity contribution in [2.24, 2.45) is 0 Å². The van der Waals surface area contributed by atoms with Gasteiger partial charge in [-0.25, -0.2) is 13.4 Å². The molecule has 30 heavy (non-hydrogen) atoms. The number of aliphatic hydroxyl groups excluding tert-OH is 1. The molecule has 0 saturated carbocycles. The van der Waals surface area contributed by atoms with Crippen LogP contribution in [0.4, 0.5) is 5.69 Å². The number of nitrogens with one attached hydrogen (secondary N) is 1. The lowest BCUT2D eigenvalue weighted by Gasteiger charge is -2.11. The number of amides is 1. The number of pyridine rings is 1. The van der Waals surface area contributed by atoms with Gasteiger partial charge in [0.05, 0.1) is 23.8 Å². The van der Waals surface area contributed by atoms with E-state index >= 15 is 0 Å². The van der Waals surface area contributed by atoms with Gasteiger partial charge in [0.15, 0.2) is 9.84 Å². The van der Waals surface area contributed by atoms with E-state index in [1.165, 1.54) is 30.4 Å². The minimum Gasteiger partial charge on any atom is -0.477 e. The summed E-state index contributed by atoms with van der Waals surface area (Å²) in [6, 6.07) is 7.63. The summed E-state index contributed by atoms with van der Waals surface area (Å²) < 4.78 is 28.5. The third kappa shape index (κ3) is 6.34. The van der Waals surface area contributed by atoms with Gasteiger partial charge in [-0.1, -0.05) is 30.0 Å². The molecule has 9 heteroatoms. The van der Waals surface area contributed by atoms with E-state index in [-0.39, 0.29) is 35.3 Å². The zero-order chi connectivity index (χ0) is 22.1. The SMILES string of the molecule is CCOc1nc(C(=O)NCc2ccc(S(C)(=O)=O)cc2)cc(N)c1C#C/C=C/CO. The minimum atomic E-state index is -3.28. The molecule has 0 bridgehead atoms. The average Bonchev–Trinajstić information content (AvgIpc) is 2.70. The number of sulfone groups is 1. The lowest BCUT2D eigenvalue weighted by Crippen LogP contribution is -2.24. The molecule has 0 atom stereocenters. The summed E-state index contributed by atoms with van der Waals surface area (Å²) in [6.07, 6.45) is 4.08. The highest BCUT2D eigenvalue weighted by molar-refractivity contribution is 7.90. The Labute approximate surface area is 175 Å². The van der Waals surface area contributed by atoms with E-state index in [1.807, 2.05) is 0 Å². The molecule has 2 rings (SSSR count). The van der Waals surface area contributed by atoms with Crippen molar-refractivity contribution in [2.45, 2.75) is 18.4 Å². The largest absolute Gasteiger partial charge is 0.477 e. The van der Waals surface area contributed by atoms with Crippen LogP contribution in [0.15, 0.2) is 47.4 Å². The summed E-state index contributed by atoms with van der Waals surface area (Å²) in [7, 11) is -3.28. The van der Waals surface area contributed by atoms with Gasteiger partial charge >= 0.3 is 0 Å². The number of allylic oxidation sites excluding steroid dienone is 1. The summed E-state index contributed by atoms with van der Waals surface area (Å²) in [5.74, 6) is 5.20. The van der Waals surface area contributed by atoms with Crippen LogP contribution >= 0.6 is 0 Å². The van der Waals surface area contributed by atoms with Gasteiger partial charge in [-0.15, -0.1) is 0 Å². The van der Waals surface area contributed by atoms with Gasteiger partial charge in [-0.2, -0.15) is 0 Å². The predicted octanol–water partition coefficient (Wildman–Crippen LogP) is 1.30. The Balaban J connectivity index is 2.18. The van der Waals surface area contributed by atoms with E-state index in [0.717, 1.165) is 11.8 Å². The summed E-state index contributed by atoms with van der Waals surface area (Å²) in [5, 5.41) is 11.5. The van der Waals surface area contributed by atoms with E-state index in [9.17, 15) is 13.2 Å². The highest BCUT2D eigenvalue weighted by Crippen LogP contribution is 2.23. The van der Waals surface area contributed by atoms with Gasteiger partial charge in [-0.3, -0.25) is 4.79 Å². The first-order valence-electron chi connectivity index (χ1n) is 9.04. The molecule has 0 aliphatic carbocycles. The molecule has 158 valence electrons. The van der Waals surface area contributed by atoms with Crippen molar-refractivity contribution < 1.29 is 23.1 Å². The van der Waals surface area contributed by atoms with Crippen molar-refractivity contribution in [2.75, 3.05) is 25.2 Å². The topological polar surface area (TPSA) is 132 Å². The molecule has 8 nitrogen and oxygen atoms in total. The van der Waals surface area contributed by atoms with Crippen molar-refractivity contribution >= 4 is 21.4 Å². The van der Waals surface area contributed by atoms with Crippen molar-refractivity contribution in [3.8, 4) is 17.7 Å². The number of hydrogen-bond acceptors (Lipinski definition) is 7. The van der Waals surface area contributed by atoms with Crippen molar-refractivity contribution in [3.05, 3.63) is 59.3 Å². The second kappa shape index (κ2) is 10.4. The standard InChI is InChI=1S/C21H23N3O5S/c1-3-29-21-17(7-5-4-6-12-25)18(22)13-19(24-21)20(26)23-14-15-8-10-16(11-9-15)30(2,27)28/h4,6,8-11,13,25H,3,12,14H2,1-2H3,(H2,22,24)(H,23,26)/b6-4+. The van der Waals surface area contributed by atoms with Crippen LogP contribution in [0, 0.1) is 11.8 Å². The van der Waals surface area contributed by atoms with Gasteiger partial charge in [-0.05, 0) is 36.8 Å². The minimum absolute atomic E-state index is 0.0696. The third-order valence-electron chi connectivity index (χ3n) is 3.84. The number of nitrogens with two attached hydrogens (primary N) is 1. The van der Waals surface area contributed by atoms with E-state index in [1.54, 1.807) is 19.1 Å². The number of aromatic nitrogens is 1. The second-order valence-electron chi connectivity index (χ2n) is 6.16. The van der Waals surface area contributed by atoms with Gasteiger partial charge in [0.2, 0.25) is 5.88 Å². The second-order valence-corrected chi connectivity index (χ2v) is 8.18. The van der Waals surface area contributed by atoms with E-state index in [4.69, 9.17) is 15.6 Å². The molecule has 1 aromatic heterocycles. The Hall–Kier alpha value is -3.35. The maximum Gasteiger partial charge on any atom is 0.270 e. The summed E-state index contributed by atoms with van der Waals surface area (Å²) in [6.45, 7) is 2.14. The normalized spacial score (nSPS) is 11.0. The summed E-state index contributed by atoms with van der Waals surface area (Å²) >= 11 is 0. The number of ether oxygens (including phenoxy) is 1. The Kier molecular flexibility index (Phi) is 7.98. The molecule has 1 aromatic carbocycles. The van der Waals surface area contributed by atoms with Gasteiger partial charge < -0.3 is 20.9 Å². The number of carbonyl (C=O) groups is 1. The third-order valence-corrected chi connectivity index (χ3v) is 4.97. The van der Waals surface area contributed by atoms with Crippen molar-refractivity contribution in [1.82, 2.24) is 10.3 Å². The number of anilines is 1. The highest BCUT2D eigenvalue weighted by atomic mass is 32.2. The smallest absolute Gasteiger partial charge is 0.270 e. The molecular formula is C21H23N3O5S. The van der Waals surface area contributed by atoms with Gasteiger partial charge in [0.1, 0.15) is 11.3 Å². The first kappa shape index (κ1) is 22.9. The quantitative estimate of drug-likeness (QED) is 0.565. The van der Waals surface area contributed by atoms with Crippen LogP contribution in [0.1, 0.15) is 28.5 Å². The number of hydrogen-bond donors (Lipinski definition) is 3. The number of nitrogen functional groups attached to an aromatic ring is 1. The number of carbonyl (C=O) groups excluding carboxylic acids is 1. The Morgan fingerprint density at radius 2 is 2.03 bits per heavy atom. The van der Waals surface area contributed by atoms with Crippen LogP contribution < -0.4 is 15.8 Å². The Morgan fingerprint density at radius 3 is 2.63 bits per heavy atom. The van der Waals surface area contributed by atoms with Gasteiger partial charge in [0, 0.05) is 12.8 Å². The van der Waals surface area contributed by atoms with E-state index < -0.39 is 15.7 Å². The molecule has 0 fully saturated rings. The predicted molar refractivity (Wildman–Crippen MR) is 114 cm³/mol. The van der Waals surface area contributed by atoms with E-state index in [2.05, 4.69) is 22.1 Å². The summed E-state index contributed by atoms with van der Waals surface area (Å²) in [5.41, 5.74) is 7.43. The number of nitrogens with zero attached hydrogens (tertiary/aromatic N) is 1. The lowest BCUT2D eigenvalue weighted by molar-refractivity contribution is 0.0944. The van der Waals surface area contributed by atoms with E-state index in [0.29, 0.717) is 12.2 Å². The molecule has 4 N–H and O–H groups in total. The van der Waals surface area contributed by atoms with Crippen LogP contribution in [0.25, 0.3) is 0 Å². The number of benzene rings is 1. The molecule has 1 amide bonds. The average molecular weight is 429 g/mol. The maximum absolute atomic E-state index is 12.5. The van der Waals surface area contributed by atoms with Crippen LogP contribution in [0.2, 0.25) is 0 Å². The maximum atomic E-state index is 12.5. The molecule has 0 aliphatic rings. The summed E-state index contributed by atoms with van der Waals surface area (Å²) in [4.78, 5) is 16.9. The Bertz CT molecular complexity index is 1100. The first-order valence-corrected chi connectivity index (χ1v) is 10.9. The molecule has 0 unspecified atom stereocenters. The first-order chi connectivity index (χ1) is 14.3. The molecule has 1 heterocycles. The number of rotatable bonds is 7. The fourth-order valence-electron chi connectivity index (χ4n) is 2.38. The van der Waals surface area contributed by atoms with Crippen LogP contribution in [-0.2, 0) is 16.4 Å². The van der Waals surface area contributed by atoms with Crippen LogP contribution in [-0.4, -0.2) is 43.9 Å². The zero-order valence-electron chi connectivity index (χ0n) is 16.7. The van der Waals surface area contributed by atoms with Crippen LogP contribution in [0.5, 0.6) is 5.88 Å². The molecular weight excluding hydrogens is 406 g/mol. The van der Waals surface area contributed by atoms with Crippen molar-refractivity contribution in [3.63, 3.8) is 0 Å². The Morgan fingerprint density at radius 1 is 1.33 bits per heavy atom. The van der Waals surface area contributed by atoms with Gasteiger partial charge in [0.25, 0.3) is 5.91 Å².